The van der Waals surface area contributed by atoms with E-state index in [1.165, 1.54) is 12.1 Å². The van der Waals surface area contributed by atoms with Crippen LogP contribution in [0.3, 0.4) is 0 Å². The lowest BCUT2D eigenvalue weighted by molar-refractivity contribution is -0.137. The van der Waals surface area contributed by atoms with Gasteiger partial charge >= 0.3 is 12.3 Å². The second-order valence-corrected chi connectivity index (χ2v) is 6.47. The molecule has 1 heterocycles. The van der Waals surface area contributed by atoms with Gasteiger partial charge in [-0.2, -0.15) is 13.2 Å². The Morgan fingerprint density at radius 2 is 1.61 bits per heavy atom. The summed E-state index contributed by atoms with van der Waals surface area (Å²) in [4.78, 5) is 15.6. The van der Waals surface area contributed by atoms with Crippen LogP contribution in [-0.2, 0) is 10.9 Å². The Bertz CT molecular complexity index is 776. The molecule has 0 aromatic heterocycles. The first-order valence-corrected chi connectivity index (χ1v) is 9.06. The van der Waals surface area contributed by atoms with E-state index in [1.807, 2.05) is 18.2 Å². The van der Waals surface area contributed by atoms with Crippen molar-refractivity contribution in [2.45, 2.75) is 6.18 Å². The minimum atomic E-state index is -4.37. The predicted octanol–water partition coefficient (Wildman–Crippen LogP) is 4.08. The molecule has 0 atom stereocenters. The third-order valence-corrected chi connectivity index (χ3v) is 4.58. The van der Waals surface area contributed by atoms with Gasteiger partial charge < -0.3 is 9.64 Å². The smallest absolute Gasteiger partial charge is 0.418 e. The number of hydrogen-bond donors (Lipinski definition) is 1. The topological polar surface area (TPSA) is 44.8 Å². The zero-order chi connectivity index (χ0) is 20.0. The van der Waals surface area contributed by atoms with Gasteiger partial charge in [0, 0.05) is 44.1 Å². The van der Waals surface area contributed by atoms with Crippen molar-refractivity contribution in [2.24, 2.45) is 0 Å². The number of benzene rings is 2. The van der Waals surface area contributed by atoms with Crippen molar-refractivity contribution in [3.8, 4) is 0 Å². The first-order valence-electron chi connectivity index (χ1n) is 9.06. The summed E-state index contributed by atoms with van der Waals surface area (Å²) < 4.78 is 44.7. The summed E-state index contributed by atoms with van der Waals surface area (Å²) >= 11 is 0. The molecule has 0 bridgehead atoms. The van der Waals surface area contributed by atoms with E-state index in [9.17, 15) is 18.0 Å². The number of ether oxygens (including phenoxy) is 1. The largest absolute Gasteiger partial charge is 0.448 e. The summed E-state index contributed by atoms with van der Waals surface area (Å²) in [6, 6.07) is 14.6. The number of piperazine rings is 1. The van der Waals surface area contributed by atoms with Gasteiger partial charge in [-0.25, -0.2) is 4.79 Å². The first-order chi connectivity index (χ1) is 13.4. The molecule has 0 unspecified atom stereocenters. The number of alkyl halides is 3. The molecule has 2 aromatic rings. The number of para-hydroxylation sites is 2. The van der Waals surface area contributed by atoms with E-state index >= 15 is 0 Å². The van der Waals surface area contributed by atoms with Gasteiger partial charge in [0.25, 0.3) is 0 Å². The van der Waals surface area contributed by atoms with Crippen LogP contribution in [0.4, 0.5) is 29.3 Å². The highest BCUT2D eigenvalue weighted by atomic mass is 19.4. The highest BCUT2D eigenvalue weighted by Crippen LogP contribution is 2.36. The summed E-state index contributed by atoms with van der Waals surface area (Å²) in [5.74, 6) is 0. The third-order valence-electron chi connectivity index (χ3n) is 4.58. The van der Waals surface area contributed by atoms with Crippen molar-refractivity contribution in [3.63, 3.8) is 0 Å². The molecule has 0 aliphatic carbocycles. The monoisotopic (exact) mass is 393 g/mol. The van der Waals surface area contributed by atoms with Crippen molar-refractivity contribution in [3.05, 3.63) is 60.2 Å². The molecule has 2 aromatic carbocycles. The molecule has 8 heteroatoms. The van der Waals surface area contributed by atoms with E-state index in [-0.39, 0.29) is 12.3 Å². The van der Waals surface area contributed by atoms with Crippen molar-refractivity contribution in [1.29, 1.82) is 0 Å². The van der Waals surface area contributed by atoms with Crippen LogP contribution in [0.15, 0.2) is 54.6 Å². The molecule has 3 rings (SSSR count). The van der Waals surface area contributed by atoms with Gasteiger partial charge in [0.05, 0.1) is 5.56 Å². The lowest BCUT2D eigenvalue weighted by atomic mass is 10.1. The second kappa shape index (κ2) is 8.97. The molecule has 1 fully saturated rings. The fraction of sp³-hybridized carbons (Fsp3) is 0.350. The van der Waals surface area contributed by atoms with Gasteiger partial charge in [-0.05, 0) is 24.3 Å². The van der Waals surface area contributed by atoms with Gasteiger partial charge in [0.2, 0.25) is 0 Å². The van der Waals surface area contributed by atoms with Crippen LogP contribution in [0, 0.1) is 0 Å². The molecule has 28 heavy (non-hydrogen) atoms. The van der Waals surface area contributed by atoms with Crippen molar-refractivity contribution < 1.29 is 22.7 Å². The fourth-order valence-corrected chi connectivity index (χ4v) is 3.14. The number of rotatable bonds is 5. The summed E-state index contributed by atoms with van der Waals surface area (Å²) in [5.41, 5.74) is 0.266. The van der Waals surface area contributed by atoms with Crippen molar-refractivity contribution in [2.75, 3.05) is 49.5 Å². The average Bonchev–Trinajstić information content (AvgIpc) is 2.69. The molecule has 1 amide bonds. The van der Waals surface area contributed by atoms with Crippen LogP contribution in [0.1, 0.15) is 5.56 Å². The molecule has 1 saturated heterocycles. The molecule has 1 aliphatic rings. The molecular weight excluding hydrogens is 371 g/mol. The molecule has 150 valence electrons. The lowest BCUT2D eigenvalue weighted by Crippen LogP contribution is -2.48. The van der Waals surface area contributed by atoms with Gasteiger partial charge in [-0.15, -0.1) is 0 Å². The maximum atomic E-state index is 13.2. The minimum absolute atomic E-state index is 0.216. The van der Waals surface area contributed by atoms with Gasteiger partial charge in [-0.1, -0.05) is 30.3 Å². The second-order valence-electron chi connectivity index (χ2n) is 6.47. The Balaban J connectivity index is 1.43. The number of nitrogens with one attached hydrogen (secondary N) is 1. The summed E-state index contributed by atoms with van der Waals surface area (Å²) in [7, 11) is 0. The van der Waals surface area contributed by atoms with Crippen LogP contribution in [0.2, 0.25) is 0 Å². The maximum absolute atomic E-state index is 13.2. The Hall–Kier alpha value is -2.74. The number of amides is 1. The number of hydrogen-bond acceptors (Lipinski definition) is 4. The van der Waals surface area contributed by atoms with Crippen LogP contribution in [0.25, 0.3) is 0 Å². The van der Waals surface area contributed by atoms with E-state index in [0.29, 0.717) is 38.4 Å². The van der Waals surface area contributed by atoms with Gasteiger partial charge in [0.15, 0.2) is 0 Å². The molecule has 1 N–H and O–H groups in total. The highest BCUT2D eigenvalue weighted by molar-refractivity contribution is 5.84. The van der Waals surface area contributed by atoms with E-state index in [1.54, 1.807) is 23.1 Å². The molecule has 0 radical (unpaired) electrons. The fourth-order valence-electron chi connectivity index (χ4n) is 3.14. The SMILES string of the molecule is O=C(Nc1ccccc1)OCCN1CCN(c2ccccc2C(F)(F)F)CC1. The van der Waals surface area contributed by atoms with E-state index in [2.05, 4.69) is 10.2 Å². The van der Waals surface area contributed by atoms with Crippen LogP contribution in [-0.4, -0.2) is 50.3 Å². The number of anilines is 2. The lowest BCUT2D eigenvalue weighted by Gasteiger charge is -2.37. The molecule has 0 spiro atoms. The maximum Gasteiger partial charge on any atom is 0.418 e. The zero-order valence-corrected chi connectivity index (χ0v) is 15.3. The third kappa shape index (κ3) is 5.39. The van der Waals surface area contributed by atoms with Crippen molar-refractivity contribution in [1.82, 2.24) is 4.90 Å². The number of carbonyl (C=O) groups is 1. The number of nitrogens with zero attached hydrogens (tertiary/aromatic N) is 2. The van der Waals surface area contributed by atoms with E-state index in [4.69, 9.17) is 4.74 Å². The molecular formula is C20H22F3N3O2. The highest BCUT2D eigenvalue weighted by Gasteiger charge is 2.35. The molecule has 0 saturated carbocycles. The van der Waals surface area contributed by atoms with Gasteiger partial charge in [-0.3, -0.25) is 10.2 Å². The minimum Gasteiger partial charge on any atom is -0.448 e. The van der Waals surface area contributed by atoms with E-state index < -0.39 is 17.8 Å². The Morgan fingerprint density at radius 3 is 2.29 bits per heavy atom. The standard InChI is InChI=1S/C20H22F3N3O2/c21-20(22,23)17-8-4-5-9-18(17)26-12-10-25(11-13-26)14-15-28-19(27)24-16-6-2-1-3-7-16/h1-9H,10-15H2,(H,24,27). The summed E-state index contributed by atoms with van der Waals surface area (Å²) in [6.45, 7) is 2.95. The van der Waals surface area contributed by atoms with Crippen LogP contribution < -0.4 is 10.2 Å². The quantitative estimate of drug-likeness (QED) is 0.832. The average molecular weight is 393 g/mol. The number of halogens is 3. The first kappa shape index (κ1) is 20.0. The Kier molecular flexibility index (Phi) is 6.41. The van der Waals surface area contributed by atoms with Gasteiger partial charge in [0.1, 0.15) is 6.61 Å². The Labute approximate surface area is 161 Å². The number of carbonyl (C=O) groups excluding carboxylic acids is 1. The van der Waals surface area contributed by atoms with Crippen LogP contribution >= 0.6 is 0 Å². The molecule has 5 nitrogen and oxygen atoms in total. The van der Waals surface area contributed by atoms with Crippen LogP contribution in [0.5, 0.6) is 0 Å². The summed E-state index contributed by atoms with van der Waals surface area (Å²) in [5, 5.41) is 2.63. The normalized spacial score (nSPS) is 15.3. The Morgan fingerprint density at radius 1 is 0.964 bits per heavy atom. The predicted molar refractivity (Wildman–Crippen MR) is 102 cm³/mol. The zero-order valence-electron chi connectivity index (χ0n) is 15.3. The van der Waals surface area contributed by atoms with E-state index in [0.717, 1.165) is 6.07 Å². The summed E-state index contributed by atoms with van der Waals surface area (Å²) in [6.07, 6.45) is -4.89. The van der Waals surface area contributed by atoms with Crippen molar-refractivity contribution >= 4 is 17.5 Å². The molecule has 1 aliphatic heterocycles.